The summed E-state index contributed by atoms with van der Waals surface area (Å²) >= 11 is 6.34. The molecular weight excluding hydrogens is 544 g/mol. The van der Waals surface area contributed by atoms with Gasteiger partial charge in [-0.1, -0.05) is 43.1 Å². The predicted molar refractivity (Wildman–Crippen MR) is 158 cm³/mol. The molecule has 0 saturated heterocycles. The summed E-state index contributed by atoms with van der Waals surface area (Å²) in [5.41, 5.74) is 4.80. The number of aromatic nitrogens is 1. The Morgan fingerprint density at radius 3 is 2.73 bits per heavy atom. The fourth-order valence-electron chi connectivity index (χ4n) is 5.51. The first-order valence-corrected chi connectivity index (χ1v) is 13.9. The first kappa shape index (κ1) is 28.2. The van der Waals surface area contributed by atoms with Gasteiger partial charge in [-0.2, -0.15) is 0 Å². The van der Waals surface area contributed by atoms with Crippen LogP contribution in [0, 0.1) is 5.92 Å². The summed E-state index contributed by atoms with van der Waals surface area (Å²) in [5.74, 6) is -0.00535. The predicted octanol–water partition coefficient (Wildman–Crippen LogP) is 6.62. The summed E-state index contributed by atoms with van der Waals surface area (Å²) < 4.78 is 5.52. The van der Waals surface area contributed by atoms with Gasteiger partial charge in [-0.25, -0.2) is 4.79 Å². The number of methoxy groups -OCH3 is 1. The SMILES string of the molecule is COc1c(Cl)cccc1C1=CC(=O)N([C@H]2CCC[C@@H](C)C(=O)Nc3cc(NC(=O)O)ccc3-c3ccnc2c3)CC1. The van der Waals surface area contributed by atoms with Crippen LogP contribution in [0.2, 0.25) is 5.02 Å². The number of hydrogen-bond acceptors (Lipinski definition) is 5. The van der Waals surface area contributed by atoms with Crippen LogP contribution in [0.3, 0.4) is 0 Å². The Hall–Kier alpha value is -4.37. The van der Waals surface area contributed by atoms with Crippen molar-refractivity contribution < 1.29 is 24.2 Å². The first-order valence-electron chi connectivity index (χ1n) is 13.5. The van der Waals surface area contributed by atoms with Crippen LogP contribution in [0.15, 0.2) is 60.8 Å². The van der Waals surface area contributed by atoms with Gasteiger partial charge in [-0.05, 0) is 60.7 Å². The van der Waals surface area contributed by atoms with Crippen LogP contribution in [0.25, 0.3) is 16.7 Å². The molecule has 41 heavy (non-hydrogen) atoms. The molecule has 1 aromatic heterocycles. The van der Waals surface area contributed by atoms with E-state index in [-0.39, 0.29) is 23.8 Å². The summed E-state index contributed by atoms with van der Waals surface area (Å²) in [6, 6.07) is 14.0. The lowest BCUT2D eigenvalue weighted by Gasteiger charge is -2.34. The molecule has 0 spiro atoms. The Bertz CT molecular complexity index is 1540. The van der Waals surface area contributed by atoms with Crippen LogP contribution in [-0.2, 0) is 9.59 Å². The molecule has 2 aliphatic heterocycles. The smallest absolute Gasteiger partial charge is 0.409 e. The third-order valence-electron chi connectivity index (χ3n) is 7.62. The maximum atomic E-state index is 13.6. The number of benzene rings is 2. The van der Waals surface area contributed by atoms with Crippen LogP contribution < -0.4 is 15.4 Å². The minimum absolute atomic E-state index is 0.117. The molecule has 0 unspecified atom stereocenters. The van der Waals surface area contributed by atoms with Crippen molar-refractivity contribution in [2.45, 2.75) is 38.6 Å². The summed E-state index contributed by atoms with van der Waals surface area (Å²) in [5, 5.41) is 15.0. The van der Waals surface area contributed by atoms with Gasteiger partial charge < -0.3 is 20.1 Å². The zero-order chi connectivity index (χ0) is 29.1. The zero-order valence-corrected chi connectivity index (χ0v) is 23.6. The molecule has 10 heteroatoms. The Morgan fingerprint density at radius 1 is 1.15 bits per heavy atom. The molecule has 5 rings (SSSR count). The number of nitrogens with one attached hydrogen (secondary N) is 2. The van der Waals surface area contributed by atoms with Gasteiger partial charge in [0.05, 0.1) is 29.6 Å². The number of anilines is 2. The minimum Gasteiger partial charge on any atom is -0.495 e. The van der Waals surface area contributed by atoms with Gasteiger partial charge in [0.25, 0.3) is 0 Å². The summed E-state index contributed by atoms with van der Waals surface area (Å²) in [6.45, 7) is 2.36. The second kappa shape index (κ2) is 12.0. The standard InChI is InChI=1S/C31H31ClN4O5/c1-18-5-3-8-27(36-14-12-20(16-28(36)37)23-6-4-7-24(32)29(23)41-2)26-15-19(11-13-33-26)22-10-9-21(34-31(39)40)17-25(22)35-30(18)38/h4,6-7,9-11,13,15-18,27,34H,3,5,8,12,14H2,1-2H3,(H,35,38)(H,39,40)/t18-,27+/m1/s1. The molecule has 0 fully saturated rings. The molecule has 212 valence electrons. The lowest BCUT2D eigenvalue weighted by atomic mass is 9.92. The highest BCUT2D eigenvalue weighted by Crippen LogP contribution is 2.39. The van der Waals surface area contributed by atoms with Gasteiger partial charge in [-0.15, -0.1) is 0 Å². The van der Waals surface area contributed by atoms with E-state index in [9.17, 15) is 14.4 Å². The highest BCUT2D eigenvalue weighted by Gasteiger charge is 2.30. The molecule has 0 radical (unpaired) electrons. The molecule has 3 N–H and O–H groups in total. The molecule has 0 saturated carbocycles. The molecule has 2 aliphatic rings. The second-order valence-electron chi connectivity index (χ2n) is 10.3. The molecule has 3 amide bonds. The molecule has 3 aromatic rings. The topological polar surface area (TPSA) is 121 Å². The van der Waals surface area contributed by atoms with Gasteiger partial charge in [0.15, 0.2) is 0 Å². The van der Waals surface area contributed by atoms with Crippen molar-refractivity contribution >= 4 is 46.5 Å². The monoisotopic (exact) mass is 574 g/mol. The number of carbonyl (C=O) groups is 3. The van der Waals surface area contributed by atoms with E-state index >= 15 is 0 Å². The molecule has 9 nitrogen and oxygen atoms in total. The first-order chi connectivity index (χ1) is 19.7. The molecule has 0 aliphatic carbocycles. The lowest BCUT2D eigenvalue weighted by molar-refractivity contribution is -0.129. The number of para-hydroxylation sites is 1. The molecule has 2 aromatic carbocycles. The van der Waals surface area contributed by atoms with Crippen molar-refractivity contribution in [1.82, 2.24) is 9.88 Å². The largest absolute Gasteiger partial charge is 0.495 e. The van der Waals surface area contributed by atoms with Crippen LogP contribution in [-0.4, -0.2) is 46.6 Å². The number of hydrogen-bond donors (Lipinski definition) is 3. The van der Waals surface area contributed by atoms with Crippen LogP contribution in [0.1, 0.15) is 49.9 Å². The Morgan fingerprint density at radius 2 is 1.98 bits per heavy atom. The molecular formula is C31H31ClN4O5. The summed E-state index contributed by atoms with van der Waals surface area (Å²) in [7, 11) is 1.56. The van der Waals surface area contributed by atoms with Gasteiger partial charge in [-0.3, -0.25) is 19.9 Å². The van der Waals surface area contributed by atoms with Crippen molar-refractivity contribution in [3.63, 3.8) is 0 Å². The minimum atomic E-state index is -1.19. The quantitative estimate of drug-likeness (QED) is 0.322. The fourth-order valence-corrected chi connectivity index (χ4v) is 5.76. The number of amides is 3. The Balaban J connectivity index is 1.52. The number of fused-ring (bicyclic) bond motifs is 4. The van der Waals surface area contributed by atoms with E-state index in [2.05, 4.69) is 15.6 Å². The van der Waals surface area contributed by atoms with E-state index in [4.69, 9.17) is 21.4 Å². The van der Waals surface area contributed by atoms with Crippen molar-refractivity contribution in [3.05, 3.63) is 77.1 Å². The Labute approximate surface area is 243 Å². The Kier molecular flexibility index (Phi) is 8.26. The van der Waals surface area contributed by atoms with E-state index < -0.39 is 6.09 Å². The van der Waals surface area contributed by atoms with Crippen molar-refractivity contribution in [2.75, 3.05) is 24.3 Å². The number of nitrogens with zero attached hydrogens (tertiary/aromatic N) is 2. The highest BCUT2D eigenvalue weighted by atomic mass is 35.5. The van der Waals surface area contributed by atoms with Crippen LogP contribution in [0.4, 0.5) is 16.2 Å². The summed E-state index contributed by atoms with van der Waals surface area (Å²) in [6.07, 6.45) is 4.77. The van der Waals surface area contributed by atoms with E-state index in [1.807, 2.05) is 36.1 Å². The number of halogens is 1. The third-order valence-corrected chi connectivity index (χ3v) is 7.92. The normalized spacial score (nSPS) is 19.2. The van der Waals surface area contributed by atoms with E-state index in [1.54, 1.807) is 43.6 Å². The van der Waals surface area contributed by atoms with Crippen molar-refractivity contribution in [1.29, 1.82) is 0 Å². The van der Waals surface area contributed by atoms with Gasteiger partial charge in [0.2, 0.25) is 11.8 Å². The third kappa shape index (κ3) is 6.05. The average molecular weight is 575 g/mol. The van der Waals surface area contributed by atoms with Crippen molar-refractivity contribution in [2.24, 2.45) is 5.92 Å². The fraction of sp³-hybridized carbons (Fsp3) is 0.290. The average Bonchev–Trinajstić information content (AvgIpc) is 2.95. The maximum Gasteiger partial charge on any atom is 0.409 e. The number of rotatable bonds is 4. The number of carbonyl (C=O) groups excluding carboxylic acids is 2. The van der Waals surface area contributed by atoms with Gasteiger partial charge >= 0.3 is 6.09 Å². The molecule has 2 bridgehead atoms. The van der Waals surface area contributed by atoms with E-state index in [0.29, 0.717) is 54.4 Å². The summed E-state index contributed by atoms with van der Waals surface area (Å²) in [4.78, 5) is 44.4. The second-order valence-corrected chi connectivity index (χ2v) is 10.7. The number of carboxylic acid groups (broad SMARTS) is 1. The molecule has 3 heterocycles. The van der Waals surface area contributed by atoms with Crippen LogP contribution in [0.5, 0.6) is 5.75 Å². The number of pyridine rings is 1. The van der Waals surface area contributed by atoms with E-state index in [0.717, 1.165) is 28.0 Å². The van der Waals surface area contributed by atoms with Crippen molar-refractivity contribution in [3.8, 4) is 16.9 Å². The zero-order valence-electron chi connectivity index (χ0n) is 22.8. The van der Waals surface area contributed by atoms with Gasteiger partial charge in [0, 0.05) is 41.5 Å². The lowest BCUT2D eigenvalue weighted by Crippen LogP contribution is -2.38. The van der Waals surface area contributed by atoms with E-state index in [1.165, 1.54) is 0 Å². The molecule has 2 atom stereocenters. The van der Waals surface area contributed by atoms with Crippen LogP contribution >= 0.6 is 11.6 Å². The van der Waals surface area contributed by atoms with Gasteiger partial charge in [0.1, 0.15) is 5.75 Å². The number of ether oxygens (including phenoxy) is 1. The highest BCUT2D eigenvalue weighted by molar-refractivity contribution is 6.32. The maximum absolute atomic E-state index is 13.6.